The highest BCUT2D eigenvalue weighted by molar-refractivity contribution is 7.86. The van der Waals surface area contributed by atoms with E-state index >= 15 is 0 Å². The monoisotopic (exact) mass is 437 g/mol. The predicted molar refractivity (Wildman–Crippen MR) is 110 cm³/mol. The lowest BCUT2D eigenvalue weighted by Crippen LogP contribution is -2.51. The van der Waals surface area contributed by atoms with Crippen LogP contribution in [0.2, 0.25) is 0 Å². The van der Waals surface area contributed by atoms with Crippen LogP contribution >= 0.6 is 0 Å². The number of amides is 1. The van der Waals surface area contributed by atoms with Crippen molar-refractivity contribution in [3.63, 3.8) is 0 Å². The summed E-state index contributed by atoms with van der Waals surface area (Å²) in [5.74, 6) is 0.0273. The summed E-state index contributed by atoms with van der Waals surface area (Å²) in [4.78, 5) is 12.6. The van der Waals surface area contributed by atoms with Crippen LogP contribution in [0.5, 0.6) is 11.5 Å². The van der Waals surface area contributed by atoms with Crippen molar-refractivity contribution in [2.75, 3.05) is 39.2 Å². The molecule has 0 saturated carbocycles. The van der Waals surface area contributed by atoms with Crippen molar-refractivity contribution in [2.45, 2.75) is 13.0 Å². The van der Waals surface area contributed by atoms with E-state index in [1.165, 1.54) is 36.7 Å². The molecule has 1 amide bonds. The standard InChI is InChI=1S/C20H24FN3O5S/c1-28-17-7-8-19(29-2)18(12-17)22-20(25)14-24-10-4-9-23(30(24,26)27)13-15-5-3-6-16(21)11-15/h3,5-8,11-12H,4,9-10,13-14H2,1-2H3,(H,22,25). The summed E-state index contributed by atoms with van der Waals surface area (Å²) in [6.45, 7) is 0.232. The molecule has 1 aliphatic rings. The van der Waals surface area contributed by atoms with Gasteiger partial charge in [0.1, 0.15) is 17.3 Å². The molecule has 0 bridgehead atoms. The number of carbonyl (C=O) groups is 1. The van der Waals surface area contributed by atoms with E-state index in [-0.39, 0.29) is 19.6 Å². The summed E-state index contributed by atoms with van der Waals surface area (Å²) in [6.07, 6.45) is 0.560. The zero-order chi connectivity index (χ0) is 21.7. The Kier molecular flexibility index (Phi) is 6.91. The van der Waals surface area contributed by atoms with Crippen LogP contribution in [0.25, 0.3) is 0 Å². The zero-order valence-corrected chi connectivity index (χ0v) is 17.6. The van der Waals surface area contributed by atoms with Crippen LogP contribution < -0.4 is 14.8 Å². The van der Waals surface area contributed by atoms with Gasteiger partial charge < -0.3 is 14.8 Å². The Labute approximate surface area is 175 Å². The lowest BCUT2D eigenvalue weighted by atomic mass is 10.2. The number of hydrogen-bond donors (Lipinski definition) is 1. The number of ether oxygens (including phenoxy) is 2. The molecule has 8 nitrogen and oxygen atoms in total. The highest BCUT2D eigenvalue weighted by Gasteiger charge is 2.34. The second kappa shape index (κ2) is 9.41. The van der Waals surface area contributed by atoms with E-state index in [1.807, 2.05) is 0 Å². The number of rotatable bonds is 7. The number of hydrogen-bond acceptors (Lipinski definition) is 5. The molecule has 2 aromatic rings. The van der Waals surface area contributed by atoms with Crippen molar-refractivity contribution >= 4 is 21.8 Å². The van der Waals surface area contributed by atoms with Gasteiger partial charge in [-0.2, -0.15) is 17.0 Å². The minimum Gasteiger partial charge on any atom is -0.497 e. The Hall–Kier alpha value is -2.69. The molecule has 1 N–H and O–H groups in total. The van der Waals surface area contributed by atoms with Crippen LogP contribution in [-0.4, -0.2) is 56.8 Å². The second-order valence-corrected chi connectivity index (χ2v) is 8.70. The molecular weight excluding hydrogens is 413 g/mol. The fourth-order valence-electron chi connectivity index (χ4n) is 3.24. The summed E-state index contributed by atoms with van der Waals surface area (Å²) in [5, 5.41) is 2.68. The van der Waals surface area contributed by atoms with Gasteiger partial charge in [0.2, 0.25) is 5.91 Å². The fraction of sp³-hybridized carbons (Fsp3) is 0.350. The van der Waals surface area contributed by atoms with E-state index in [2.05, 4.69) is 5.32 Å². The molecule has 1 heterocycles. The first-order valence-corrected chi connectivity index (χ1v) is 10.7. The van der Waals surface area contributed by atoms with Gasteiger partial charge in [-0.1, -0.05) is 12.1 Å². The molecule has 0 radical (unpaired) electrons. The summed E-state index contributed by atoms with van der Waals surface area (Å²) in [6, 6.07) is 10.7. The van der Waals surface area contributed by atoms with Crippen molar-refractivity contribution < 1.29 is 27.1 Å². The van der Waals surface area contributed by atoms with Crippen LogP contribution in [-0.2, 0) is 21.5 Å². The molecule has 1 aliphatic heterocycles. The van der Waals surface area contributed by atoms with Crippen molar-refractivity contribution in [1.29, 1.82) is 0 Å². The second-order valence-electron chi connectivity index (χ2n) is 6.77. The number of nitrogens with one attached hydrogen (secondary N) is 1. The Morgan fingerprint density at radius 3 is 2.57 bits per heavy atom. The van der Waals surface area contributed by atoms with Gasteiger partial charge in [-0.25, -0.2) is 4.39 Å². The maximum Gasteiger partial charge on any atom is 0.282 e. The SMILES string of the molecule is COc1ccc(OC)c(NC(=O)CN2CCCN(Cc3cccc(F)c3)S2(=O)=O)c1. The largest absolute Gasteiger partial charge is 0.497 e. The zero-order valence-electron chi connectivity index (χ0n) is 16.8. The number of carbonyl (C=O) groups excluding carboxylic acids is 1. The lowest BCUT2D eigenvalue weighted by Gasteiger charge is -2.34. The summed E-state index contributed by atoms with van der Waals surface area (Å²) < 4.78 is 52.1. The van der Waals surface area contributed by atoms with Crippen molar-refractivity contribution in [3.05, 3.63) is 53.8 Å². The smallest absolute Gasteiger partial charge is 0.282 e. The first kappa shape index (κ1) is 22.0. The highest BCUT2D eigenvalue weighted by atomic mass is 32.2. The minimum absolute atomic E-state index is 0.0436. The van der Waals surface area contributed by atoms with Gasteiger partial charge in [-0.3, -0.25) is 4.79 Å². The average Bonchev–Trinajstić information content (AvgIpc) is 2.71. The van der Waals surface area contributed by atoms with Gasteiger partial charge in [0.05, 0.1) is 26.5 Å². The maximum atomic E-state index is 13.4. The Morgan fingerprint density at radius 2 is 1.87 bits per heavy atom. The Balaban J connectivity index is 1.70. The molecule has 162 valence electrons. The van der Waals surface area contributed by atoms with Crippen LogP contribution in [0, 0.1) is 5.82 Å². The topological polar surface area (TPSA) is 88.2 Å². The fourth-order valence-corrected chi connectivity index (χ4v) is 4.88. The van der Waals surface area contributed by atoms with Crippen LogP contribution in [0.4, 0.5) is 10.1 Å². The van der Waals surface area contributed by atoms with Gasteiger partial charge in [0.25, 0.3) is 10.2 Å². The average molecular weight is 437 g/mol. The molecule has 0 aromatic heterocycles. The molecule has 1 saturated heterocycles. The molecule has 0 unspecified atom stereocenters. The molecule has 0 aliphatic carbocycles. The van der Waals surface area contributed by atoms with E-state index in [9.17, 15) is 17.6 Å². The van der Waals surface area contributed by atoms with E-state index < -0.39 is 21.9 Å². The molecular formula is C20H24FN3O5S. The molecule has 3 rings (SSSR count). The van der Waals surface area contributed by atoms with Crippen molar-refractivity contribution in [1.82, 2.24) is 8.61 Å². The summed E-state index contributed by atoms with van der Waals surface area (Å²) in [5.41, 5.74) is 0.930. The van der Waals surface area contributed by atoms with E-state index in [0.717, 1.165) is 4.31 Å². The first-order valence-electron chi connectivity index (χ1n) is 9.35. The molecule has 0 spiro atoms. The van der Waals surface area contributed by atoms with E-state index in [4.69, 9.17) is 9.47 Å². The number of methoxy groups -OCH3 is 2. The van der Waals surface area contributed by atoms with Gasteiger partial charge in [-0.05, 0) is 36.2 Å². The van der Waals surface area contributed by atoms with Gasteiger partial charge in [0.15, 0.2) is 0 Å². The number of halogens is 1. The number of anilines is 1. The first-order chi connectivity index (χ1) is 14.3. The molecule has 1 fully saturated rings. The van der Waals surface area contributed by atoms with Crippen LogP contribution in [0.15, 0.2) is 42.5 Å². The van der Waals surface area contributed by atoms with Crippen LogP contribution in [0.1, 0.15) is 12.0 Å². The Bertz CT molecular complexity index is 1020. The number of nitrogens with zero attached hydrogens (tertiary/aromatic N) is 2. The van der Waals surface area contributed by atoms with Crippen molar-refractivity contribution in [2.24, 2.45) is 0 Å². The third kappa shape index (κ3) is 5.07. The normalized spacial score (nSPS) is 16.8. The van der Waals surface area contributed by atoms with E-state index in [0.29, 0.717) is 35.7 Å². The predicted octanol–water partition coefficient (Wildman–Crippen LogP) is 2.23. The van der Waals surface area contributed by atoms with Crippen LogP contribution in [0.3, 0.4) is 0 Å². The van der Waals surface area contributed by atoms with Gasteiger partial charge >= 0.3 is 0 Å². The molecule has 2 aromatic carbocycles. The highest BCUT2D eigenvalue weighted by Crippen LogP contribution is 2.29. The minimum atomic E-state index is -3.86. The molecule has 10 heteroatoms. The lowest BCUT2D eigenvalue weighted by molar-refractivity contribution is -0.116. The molecule has 0 atom stereocenters. The third-order valence-corrected chi connectivity index (χ3v) is 6.64. The summed E-state index contributed by atoms with van der Waals surface area (Å²) in [7, 11) is -0.894. The molecule has 30 heavy (non-hydrogen) atoms. The maximum absolute atomic E-state index is 13.4. The number of benzene rings is 2. The summed E-state index contributed by atoms with van der Waals surface area (Å²) >= 11 is 0. The van der Waals surface area contributed by atoms with E-state index in [1.54, 1.807) is 24.3 Å². The Morgan fingerprint density at radius 1 is 1.10 bits per heavy atom. The quantitative estimate of drug-likeness (QED) is 0.718. The van der Waals surface area contributed by atoms with Gasteiger partial charge in [0, 0.05) is 25.7 Å². The van der Waals surface area contributed by atoms with Crippen molar-refractivity contribution in [3.8, 4) is 11.5 Å². The van der Waals surface area contributed by atoms with Gasteiger partial charge in [-0.15, -0.1) is 0 Å². The third-order valence-electron chi connectivity index (χ3n) is 4.72.